The number of amides is 4. The first-order valence-electron chi connectivity index (χ1n) is 10.3. The molecule has 11 heteroatoms. The predicted molar refractivity (Wildman–Crippen MR) is 114 cm³/mol. The van der Waals surface area contributed by atoms with Gasteiger partial charge in [0.1, 0.15) is 18.1 Å². The lowest BCUT2D eigenvalue weighted by molar-refractivity contribution is -0.142. The summed E-state index contributed by atoms with van der Waals surface area (Å²) >= 11 is 0. The molecule has 1 fully saturated rings. The van der Waals surface area contributed by atoms with Crippen molar-refractivity contribution < 1.29 is 29.1 Å². The van der Waals surface area contributed by atoms with Crippen molar-refractivity contribution in [3.8, 4) is 0 Å². The molecule has 0 bridgehead atoms. The number of rotatable bonds is 10. The molecular weight excluding hydrogens is 418 g/mol. The first-order chi connectivity index (χ1) is 15.1. The number of hydrogen-bond acceptors (Lipinski definition) is 6. The van der Waals surface area contributed by atoms with Gasteiger partial charge in [-0.15, -0.1) is 0 Å². The molecule has 1 saturated heterocycles. The molecule has 1 aliphatic heterocycles. The molecule has 1 aromatic rings. The van der Waals surface area contributed by atoms with Crippen molar-refractivity contribution in [3.05, 3.63) is 35.9 Å². The highest BCUT2D eigenvalue weighted by Gasteiger charge is 2.38. The number of carboxylic acid groups (broad SMARTS) is 1. The summed E-state index contributed by atoms with van der Waals surface area (Å²) in [5.74, 6) is -3.71. The molecule has 1 aromatic carbocycles. The van der Waals surface area contributed by atoms with Gasteiger partial charge in [0, 0.05) is 13.0 Å². The fraction of sp³-hybridized carbons (Fsp3) is 0.476. The molecule has 4 amide bonds. The van der Waals surface area contributed by atoms with Crippen molar-refractivity contribution in [2.45, 2.75) is 56.8 Å². The highest BCUT2D eigenvalue weighted by atomic mass is 16.4. The minimum atomic E-state index is -1.21. The van der Waals surface area contributed by atoms with Crippen LogP contribution in [0.4, 0.5) is 0 Å². The summed E-state index contributed by atoms with van der Waals surface area (Å²) in [7, 11) is 0. The Bertz CT molecular complexity index is 861. The lowest BCUT2D eigenvalue weighted by atomic mass is 10.0. The van der Waals surface area contributed by atoms with Crippen LogP contribution in [0.5, 0.6) is 0 Å². The van der Waals surface area contributed by atoms with Gasteiger partial charge < -0.3 is 32.1 Å². The molecule has 174 valence electrons. The van der Waals surface area contributed by atoms with Crippen LogP contribution >= 0.6 is 0 Å². The van der Waals surface area contributed by atoms with Crippen molar-refractivity contribution >= 4 is 29.6 Å². The summed E-state index contributed by atoms with van der Waals surface area (Å²) < 4.78 is 0. The average molecular weight is 447 g/mol. The van der Waals surface area contributed by atoms with E-state index in [1.807, 2.05) is 0 Å². The van der Waals surface area contributed by atoms with E-state index in [2.05, 4.69) is 10.6 Å². The Kier molecular flexibility index (Phi) is 8.71. The topological polar surface area (TPSA) is 185 Å². The summed E-state index contributed by atoms with van der Waals surface area (Å²) in [6, 6.07) is 4.72. The van der Waals surface area contributed by atoms with Gasteiger partial charge in [-0.3, -0.25) is 24.0 Å². The van der Waals surface area contributed by atoms with Crippen LogP contribution in [0.15, 0.2) is 30.3 Å². The Morgan fingerprint density at radius 3 is 2.41 bits per heavy atom. The van der Waals surface area contributed by atoms with Gasteiger partial charge in [0.25, 0.3) is 0 Å². The molecule has 0 spiro atoms. The fourth-order valence-corrected chi connectivity index (χ4v) is 3.52. The maximum absolute atomic E-state index is 13.0. The number of nitrogens with one attached hydrogen (secondary N) is 2. The summed E-state index contributed by atoms with van der Waals surface area (Å²) in [5.41, 5.74) is 11.6. The van der Waals surface area contributed by atoms with E-state index in [4.69, 9.17) is 16.6 Å². The van der Waals surface area contributed by atoms with E-state index in [1.54, 1.807) is 30.3 Å². The third-order valence-corrected chi connectivity index (χ3v) is 5.22. The second-order valence-electron chi connectivity index (χ2n) is 7.79. The number of carbonyl (C=O) groups is 5. The summed E-state index contributed by atoms with van der Waals surface area (Å²) in [6.45, 7) is 1.61. The largest absolute Gasteiger partial charge is 0.480 e. The maximum atomic E-state index is 13.0. The molecular formula is C21H29N5O6. The number of aliphatic carboxylic acids is 1. The molecule has 4 unspecified atom stereocenters. The second kappa shape index (κ2) is 11.2. The monoisotopic (exact) mass is 447 g/mol. The zero-order chi connectivity index (χ0) is 23.8. The Morgan fingerprint density at radius 1 is 1.16 bits per heavy atom. The maximum Gasteiger partial charge on any atom is 0.325 e. The minimum absolute atomic E-state index is 0.132. The molecule has 2 rings (SSSR count). The van der Waals surface area contributed by atoms with Crippen LogP contribution in [0.2, 0.25) is 0 Å². The SMILES string of the molecule is CC(NC(=O)C(Cc1ccccc1)NC(=O)C1CCCN1C(=O)C(N)CC(N)=O)C(=O)O. The molecule has 0 saturated carbocycles. The highest BCUT2D eigenvalue weighted by Crippen LogP contribution is 2.19. The first-order valence-corrected chi connectivity index (χ1v) is 10.3. The van der Waals surface area contributed by atoms with Gasteiger partial charge in [0.2, 0.25) is 23.6 Å². The van der Waals surface area contributed by atoms with E-state index in [0.29, 0.717) is 12.8 Å². The highest BCUT2D eigenvalue weighted by molar-refractivity contribution is 5.95. The molecule has 0 radical (unpaired) electrons. The van der Waals surface area contributed by atoms with Crippen molar-refractivity contribution in [2.24, 2.45) is 11.5 Å². The zero-order valence-electron chi connectivity index (χ0n) is 17.8. The second-order valence-corrected chi connectivity index (χ2v) is 7.79. The molecule has 32 heavy (non-hydrogen) atoms. The number of carbonyl (C=O) groups excluding carboxylic acids is 4. The van der Waals surface area contributed by atoms with Crippen LogP contribution in [0, 0.1) is 0 Å². The number of nitrogens with two attached hydrogens (primary N) is 2. The molecule has 1 aliphatic rings. The number of primary amides is 1. The first kappa shape index (κ1) is 24.8. The van der Waals surface area contributed by atoms with Gasteiger partial charge in [-0.25, -0.2) is 0 Å². The van der Waals surface area contributed by atoms with Crippen molar-refractivity contribution in [1.29, 1.82) is 0 Å². The van der Waals surface area contributed by atoms with Crippen LogP contribution in [-0.2, 0) is 30.4 Å². The van der Waals surface area contributed by atoms with Gasteiger partial charge in [0.15, 0.2) is 0 Å². The molecule has 11 nitrogen and oxygen atoms in total. The van der Waals surface area contributed by atoms with E-state index >= 15 is 0 Å². The normalized spacial score (nSPS) is 18.3. The van der Waals surface area contributed by atoms with Crippen LogP contribution in [-0.4, -0.2) is 70.3 Å². The lowest BCUT2D eigenvalue weighted by Gasteiger charge is -2.28. The third-order valence-electron chi connectivity index (χ3n) is 5.22. The number of likely N-dealkylation sites (tertiary alicyclic amines) is 1. The zero-order valence-corrected chi connectivity index (χ0v) is 17.8. The van der Waals surface area contributed by atoms with Crippen LogP contribution in [0.3, 0.4) is 0 Å². The molecule has 0 aromatic heterocycles. The molecule has 0 aliphatic carbocycles. The van der Waals surface area contributed by atoms with E-state index in [-0.39, 0.29) is 19.4 Å². The Balaban J connectivity index is 2.15. The van der Waals surface area contributed by atoms with Crippen molar-refractivity contribution in [1.82, 2.24) is 15.5 Å². The van der Waals surface area contributed by atoms with Crippen LogP contribution in [0.25, 0.3) is 0 Å². The standard InChI is InChI=1S/C21H29N5O6/c1-12(21(31)32)24-18(28)15(10-13-6-3-2-4-7-13)25-19(29)16-8-5-9-26(16)20(30)14(22)11-17(23)27/h2-4,6-7,12,14-16H,5,8-11,22H2,1H3,(H2,23,27)(H,24,28)(H,25,29)(H,31,32). The van der Waals surface area contributed by atoms with Crippen molar-refractivity contribution in [3.63, 3.8) is 0 Å². The third kappa shape index (κ3) is 6.77. The number of nitrogens with zero attached hydrogens (tertiary/aromatic N) is 1. The lowest BCUT2D eigenvalue weighted by Crippen LogP contribution is -2.57. The van der Waals surface area contributed by atoms with Crippen LogP contribution < -0.4 is 22.1 Å². The van der Waals surface area contributed by atoms with Crippen LogP contribution in [0.1, 0.15) is 31.7 Å². The summed E-state index contributed by atoms with van der Waals surface area (Å²) in [4.78, 5) is 61.8. The minimum Gasteiger partial charge on any atom is -0.480 e. The smallest absolute Gasteiger partial charge is 0.325 e. The summed E-state index contributed by atoms with van der Waals surface area (Å²) in [6.07, 6.45) is 0.715. The van der Waals surface area contributed by atoms with Gasteiger partial charge in [-0.2, -0.15) is 0 Å². The number of benzene rings is 1. The average Bonchev–Trinajstić information content (AvgIpc) is 3.22. The van der Waals surface area contributed by atoms with E-state index < -0.39 is 53.8 Å². The molecule has 4 atom stereocenters. The van der Waals surface area contributed by atoms with Gasteiger partial charge in [0.05, 0.1) is 12.5 Å². The Hall–Kier alpha value is -3.47. The Labute approximate surface area is 185 Å². The Morgan fingerprint density at radius 2 is 1.81 bits per heavy atom. The van der Waals surface area contributed by atoms with Gasteiger partial charge >= 0.3 is 5.97 Å². The number of carboxylic acids is 1. The van der Waals surface area contributed by atoms with E-state index in [1.165, 1.54) is 11.8 Å². The fourth-order valence-electron chi connectivity index (χ4n) is 3.52. The van der Waals surface area contributed by atoms with Gasteiger partial charge in [-0.1, -0.05) is 30.3 Å². The molecule has 1 heterocycles. The quantitative estimate of drug-likeness (QED) is 0.289. The molecule has 7 N–H and O–H groups in total. The van der Waals surface area contributed by atoms with Gasteiger partial charge in [-0.05, 0) is 25.3 Å². The number of hydrogen-bond donors (Lipinski definition) is 5. The van der Waals surface area contributed by atoms with E-state index in [9.17, 15) is 24.0 Å². The van der Waals surface area contributed by atoms with E-state index in [0.717, 1.165) is 5.56 Å². The summed E-state index contributed by atoms with van der Waals surface area (Å²) in [5, 5.41) is 14.1. The van der Waals surface area contributed by atoms with Crippen molar-refractivity contribution in [2.75, 3.05) is 6.54 Å². The predicted octanol–water partition coefficient (Wildman–Crippen LogP) is -1.50.